The summed E-state index contributed by atoms with van der Waals surface area (Å²) < 4.78 is 37.5. The van der Waals surface area contributed by atoms with Crippen LogP contribution in [0.4, 0.5) is 13.2 Å². The zero-order valence-corrected chi connectivity index (χ0v) is 10.3. The summed E-state index contributed by atoms with van der Waals surface area (Å²) in [6.45, 7) is 3.73. The normalized spacial score (nSPS) is 17.1. The minimum absolute atomic E-state index is 0.325. The Morgan fingerprint density at radius 2 is 1.78 bits per heavy atom. The second-order valence-corrected chi connectivity index (χ2v) is 4.62. The number of carbonyl (C=O) groups excluding carboxylic acids is 1. The van der Waals surface area contributed by atoms with E-state index in [0.29, 0.717) is 6.92 Å². The van der Waals surface area contributed by atoms with Gasteiger partial charge in [0, 0.05) is 6.04 Å². The van der Waals surface area contributed by atoms with Crippen LogP contribution in [0.25, 0.3) is 0 Å². The van der Waals surface area contributed by atoms with Gasteiger partial charge in [0.05, 0.1) is 6.42 Å². The zero-order valence-electron chi connectivity index (χ0n) is 10.3. The largest absolute Gasteiger partial charge is 0.481 e. The Labute approximate surface area is 103 Å². The Balaban J connectivity index is 4.86. The third kappa shape index (κ3) is 4.17. The van der Waals surface area contributed by atoms with Gasteiger partial charge in [-0.25, -0.2) is 0 Å². The minimum atomic E-state index is -4.90. The monoisotopic (exact) mass is 270 g/mol. The number of carboxylic acid groups (broad SMARTS) is 1. The van der Waals surface area contributed by atoms with Crippen molar-refractivity contribution in [2.45, 2.75) is 44.9 Å². The van der Waals surface area contributed by atoms with E-state index in [1.165, 1.54) is 0 Å². The number of rotatable bonds is 5. The first-order valence-corrected chi connectivity index (χ1v) is 5.28. The SMILES string of the molecule is CC(C)C(CC(=O)O)NC(=O)C(C)(N)C(F)(F)F. The van der Waals surface area contributed by atoms with E-state index in [1.54, 1.807) is 13.8 Å². The van der Waals surface area contributed by atoms with Gasteiger partial charge in [0.15, 0.2) is 5.54 Å². The molecule has 0 aromatic carbocycles. The Morgan fingerprint density at radius 3 is 2.06 bits per heavy atom. The minimum Gasteiger partial charge on any atom is -0.481 e. The molecule has 0 aliphatic heterocycles. The van der Waals surface area contributed by atoms with E-state index in [9.17, 15) is 22.8 Å². The predicted octanol–water partition coefficient (Wildman–Crippen LogP) is 0.882. The number of carbonyl (C=O) groups is 2. The van der Waals surface area contributed by atoms with Gasteiger partial charge in [0.25, 0.3) is 0 Å². The van der Waals surface area contributed by atoms with Crippen LogP contribution < -0.4 is 11.1 Å². The summed E-state index contributed by atoms with van der Waals surface area (Å²) in [6, 6.07) is -0.903. The van der Waals surface area contributed by atoms with Crippen molar-refractivity contribution in [2.75, 3.05) is 0 Å². The van der Waals surface area contributed by atoms with Gasteiger partial charge in [0.2, 0.25) is 5.91 Å². The van der Waals surface area contributed by atoms with Crippen LogP contribution in [0.5, 0.6) is 0 Å². The highest BCUT2D eigenvalue weighted by molar-refractivity contribution is 5.87. The summed E-state index contributed by atoms with van der Waals surface area (Å²) in [6.07, 6.45) is -5.36. The lowest BCUT2D eigenvalue weighted by Crippen LogP contribution is -2.63. The van der Waals surface area contributed by atoms with E-state index in [1.807, 2.05) is 5.32 Å². The fourth-order valence-electron chi connectivity index (χ4n) is 1.09. The quantitative estimate of drug-likeness (QED) is 0.691. The van der Waals surface area contributed by atoms with Crippen molar-refractivity contribution in [2.24, 2.45) is 11.7 Å². The average molecular weight is 270 g/mol. The smallest absolute Gasteiger partial charge is 0.415 e. The van der Waals surface area contributed by atoms with E-state index in [-0.39, 0.29) is 5.92 Å². The molecule has 1 amide bonds. The molecule has 0 rings (SSSR count). The maximum Gasteiger partial charge on any atom is 0.415 e. The van der Waals surface area contributed by atoms with Crippen LogP contribution in [0.2, 0.25) is 0 Å². The van der Waals surface area contributed by atoms with Crippen LogP contribution in [-0.4, -0.2) is 34.7 Å². The van der Waals surface area contributed by atoms with Crippen molar-refractivity contribution in [3.8, 4) is 0 Å². The lowest BCUT2D eigenvalue weighted by Gasteiger charge is -2.29. The van der Waals surface area contributed by atoms with Crippen molar-refractivity contribution in [1.29, 1.82) is 0 Å². The summed E-state index contributed by atoms with van der Waals surface area (Å²) in [5, 5.41) is 10.6. The molecule has 0 saturated heterocycles. The van der Waals surface area contributed by atoms with Gasteiger partial charge in [-0.1, -0.05) is 13.8 Å². The number of aliphatic carboxylic acids is 1. The molecule has 0 saturated carbocycles. The molecule has 0 radical (unpaired) electrons. The van der Waals surface area contributed by atoms with Crippen LogP contribution in [-0.2, 0) is 9.59 Å². The lowest BCUT2D eigenvalue weighted by molar-refractivity contribution is -0.187. The van der Waals surface area contributed by atoms with Gasteiger partial charge < -0.3 is 16.2 Å². The lowest BCUT2D eigenvalue weighted by atomic mass is 9.97. The molecule has 0 bridgehead atoms. The number of halogens is 3. The standard InChI is InChI=1S/C10H17F3N2O3/c1-5(2)6(4-7(16)17)15-8(18)9(3,14)10(11,12)13/h5-6H,4,14H2,1-3H3,(H,15,18)(H,16,17). The fraction of sp³-hybridized carbons (Fsp3) is 0.800. The highest BCUT2D eigenvalue weighted by Crippen LogP contribution is 2.28. The van der Waals surface area contributed by atoms with Gasteiger partial charge in [-0.3, -0.25) is 9.59 Å². The topological polar surface area (TPSA) is 92.4 Å². The van der Waals surface area contributed by atoms with Crippen molar-refractivity contribution in [3.63, 3.8) is 0 Å². The van der Waals surface area contributed by atoms with Crippen LogP contribution in [0.15, 0.2) is 0 Å². The first kappa shape index (κ1) is 16.7. The van der Waals surface area contributed by atoms with Gasteiger partial charge in [-0.15, -0.1) is 0 Å². The molecule has 0 aliphatic carbocycles. The first-order chi connectivity index (χ1) is 7.89. The van der Waals surface area contributed by atoms with Gasteiger partial charge >= 0.3 is 12.1 Å². The highest BCUT2D eigenvalue weighted by Gasteiger charge is 2.54. The third-order valence-electron chi connectivity index (χ3n) is 2.58. The molecule has 18 heavy (non-hydrogen) atoms. The van der Waals surface area contributed by atoms with Crippen LogP contribution in [0.3, 0.4) is 0 Å². The van der Waals surface area contributed by atoms with Gasteiger partial charge in [-0.2, -0.15) is 13.2 Å². The second-order valence-electron chi connectivity index (χ2n) is 4.62. The third-order valence-corrected chi connectivity index (χ3v) is 2.58. The summed E-state index contributed by atoms with van der Waals surface area (Å²) in [4.78, 5) is 22.0. The molecule has 0 aromatic heterocycles. The molecule has 106 valence electrons. The number of hydrogen-bond donors (Lipinski definition) is 3. The molecule has 2 atom stereocenters. The van der Waals surface area contributed by atoms with Crippen molar-refractivity contribution in [3.05, 3.63) is 0 Å². The number of nitrogens with two attached hydrogens (primary N) is 1. The molecule has 0 spiro atoms. The van der Waals surface area contributed by atoms with Crippen LogP contribution >= 0.6 is 0 Å². The highest BCUT2D eigenvalue weighted by atomic mass is 19.4. The summed E-state index contributed by atoms with van der Waals surface area (Å²) in [5.41, 5.74) is 1.89. The zero-order chi connectivity index (χ0) is 14.7. The maximum absolute atomic E-state index is 12.5. The number of amides is 1. The fourth-order valence-corrected chi connectivity index (χ4v) is 1.09. The molecular formula is C10H17F3N2O3. The van der Waals surface area contributed by atoms with Crippen LogP contribution in [0, 0.1) is 5.92 Å². The summed E-state index contributed by atoms with van der Waals surface area (Å²) in [7, 11) is 0. The number of nitrogens with one attached hydrogen (secondary N) is 1. The van der Waals surface area contributed by atoms with E-state index in [4.69, 9.17) is 10.8 Å². The Morgan fingerprint density at radius 1 is 1.33 bits per heavy atom. The average Bonchev–Trinajstić information content (AvgIpc) is 2.13. The molecule has 8 heteroatoms. The molecular weight excluding hydrogens is 253 g/mol. The van der Waals surface area contributed by atoms with E-state index in [2.05, 4.69) is 0 Å². The molecule has 0 fully saturated rings. The van der Waals surface area contributed by atoms with E-state index < -0.39 is 36.1 Å². The number of hydrogen-bond acceptors (Lipinski definition) is 3. The predicted molar refractivity (Wildman–Crippen MR) is 57.7 cm³/mol. The number of carboxylic acids is 1. The maximum atomic E-state index is 12.5. The molecule has 2 unspecified atom stereocenters. The van der Waals surface area contributed by atoms with E-state index >= 15 is 0 Å². The Bertz CT molecular complexity index is 327. The van der Waals surface area contributed by atoms with Crippen molar-refractivity contribution < 1.29 is 27.9 Å². The Hall–Kier alpha value is -1.31. The van der Waals surface area contributed by atoms with Crippen molar-refractivity contribution in [1.82, 2.24) is 5.32 Å². The summed E-state index contributed by atoms with van der Waals surface area (Å²) in [5.74, 6) is -2.97. The second kappa shape index (κ2) is 5.55. The molecule has 0 aromatic rings. The molecule has 0 aliphatic rings. The van der Waals surface area contributed by atoms with Crippen LogP contribution in [0.1, 0.15) is 27.2 Å². The Kier molecular flexibility index (Phi) is 5.15. The summed E-state index contributed by atoms with van der Waals surface area (Å²) >= 11 is 0. The first-order valence-electron chi connectivity index (χ1n) is 5.28. The molecule has 4 N–H and O–H groups in total. The van der Waals surface area contributed by atoms with Crippen molar-refractivity contribution >= 4 is 11.9 Å². The number of alkyl halides is 3. The van der Waals surface area contributed by atoms with Gasteiger partial charge in [-0.05, 0) is 12.8 Å². The molecule has 0 heterocycles. The van der Waals surface area contributed by atoms with E-state index in [0.717, 1.165) is 0 Å². The van der Waals surface area contributed by atoms with Gasteiger partial charge in [0.1, 0.15) is 0 Å². The molecule has 5 nitrogen and oxygen atoms in total.